The van der Waals surface area contributed by atoms with Gasteiger partial charge in [-0.15, -0.1) is 0 Å². The van der Waals surface area contributed by atoms with E-state index < -0.39 is 0 Å². The maximum atomic E-state index is 6.32. The van der Waals surface area contributed by atoms with Crippen molar-refractivity contribution in [1.82, 2.24) is 24.4 Å². The van der Waals surface area contributed by atoms with Crippen LogP contribution in [0.1, 0.15) is 37.3 Å². The molecule has 0 unspecified atom stereocenters. The summed E-state index contributed by atoms with van der Waals surface area (Å²) >= 11 is 3.62. The molecule has 4 N–H and O–H groups in total. The molecule has 0 spiro atoms. The Balaban J connectivity index is 1.87. The van der Waals surface area contributed by atoms with E-state index in [1.807, 2.05) is 19.4 Å². The lowest BCUT2D eigenvalue weighted by Gasteiger charge is -2.27. The van der Waals surface area contributed by atoms with Crippen LogP contribution in [0.15, 0.2) is 23.1 Å². The molecule has 1 aliphatic carbocycles. The summed E-state index contributed by atoms with van der Waals surface area (Å²) < 4.78 is 4.27. The first kappa shape index (κ1) is 15.6. The van der Waals surface area contributed by atoms with Gasteiger partial charge in [0.1, 0.15) is 5.82 Å². The van der Waals surface area contributed by atoms with Crippen LogP contribution >= 0.6 is 15.9 Å². The maximum absolute atomic E-state index is 6.32. The molecule has 2 atom stereocenters. The molecule has 8 heteroatoms. The average molecular weight is 390 g/mol. The Morgan fingerprint density at radius 1 is 1.25 bits per heavy atom. The number of hydrogen-bond donors (Lipinski definition) is 2. The third-order valence-corrected chi connectivity index (χ3v) is 5.58. The van der Waals surface area contributed by atoms with Gasteiger partial charge in [0.2, 0.25) is 0 Å². The lowest BCUT2D eigenvalue weighted by atomic mass is 9.84. The molecule has 3 heterocycles. The fraction of sp³-hybridized carbons (Fsp3) is 0.438. The van der Waals surface area contributed by atoms with Gasteiger partial charge in [0.05, 0.1) is 22.6 Å². The predicted molar refractivity (Wildman–Crippen MR) is 96.5 cm³/mol. The molecule has 3 aromatic heterocycles. The summed E-state index contributed by atoms with van der Waals surface area (Å²) in [5.74, 6) is 0.899. The van der Waals surface area contributed by atoms with Gasteiger partial charge in [-0.05, 0) is 35.2 Å². The highest BCUT2D eigenvalue weighted by Crippen LogP contribution is 2.38. The highest BCUT2D eigenvalue weighted by atomic mass is 79.9. The summed E-state index contributed by atoms with van der Waals surface area (Å²) in [4.78, 5) is 4.92. The summed E-state index contributed by atoms with van der Waals surface area (Å²) in [6.07, 6.45) is 9.79. The number of nitrogens with zero attached hydrogens (tertiary/aromatic N) is 5. The molecule has 0 aliphatic heterocycles. The zero-order valence-electron chi connectivity index (χ0n) is 13.5. The Hall–Kier alpha value is -1.93. The van der Waals surface area contributed by atoms with E-state index in [1.165, 1.54) is 0 Å². The van der Waals surface area contributed by atoms with E-state index in [1.54, 1.807) is 15.4 Å². The Labute approximate surface area is 148 Å². The fourth-order valence-electron chi connectivity index (χ4n) is 3.52. The quantitative estimate of drug-likeness (QED) is 0.700. The lowest BCUT2D eigenvalue weighted by Crippen LogP contribution is -2.27. The highest BCUT2D eigenvalue weighted by molar-refractivity contribution is 9.10. The number of aromatic nitrogens is 5. The van der Waals surface area contributed by atoms with Crippen LogP contribution in [0.4, 0.5) is 5.82 Å². The van der Waals surface area contributed by atoms with E-state index in [0.29, 0.717) is 11.7 Å². The molecule has 7 nitrogen and oxygen atoms in total. The Bertz CT molecular complexity index is 897. The summed E-state index contributed by atoms with van der Waals surface area (Å²) in [5.41, 5.74) is 16.1. The smallest absolute Gasteiger partial charge is 0.165 e. The van der Waals surface area contributed by atoms with E-state index in [2.05, 4.69) is 26.1 Å². The van der Waals surface area contributed by atoms with E-state index >= 15 is 0 Å². The summed E-state index contributed by atoms with van der Waals surface area (Å²) in [6.45, 7) is 0. The fourth-order valence-corrected chi connectivity index (χ4v) is 4.10. The highest BCUT2D eigenvalue weighted by Gasteiger charge is 2.26. The molecule has 126 valence electrons. The van der Waals surface area contributed by atoms with Crippen molar-refractivity contribution in [3.63, 3.8) is 0 Å². The Kier molecular flexibility index (Phi) is 3.80. The monoisotopic (exact) mass is 389 g/mol. The minimum atomic E-state index is 0.234. The van der Waals surface area contributed by atoms with E-state index in [-0.39, 0.29) is 6.04 Å². The van der Waals surface area contributed by atoms with Crippen LogP contribution in [0.3, 0.4) is 0 Å². The van der Waals surface area contributed by atoms with Crippen molar-refractivity contribution in [3.8, 4) is 11.1 Å². The number of nitrogens with two attached hydrogens (primary N) is 2. The van der Waals surface area contributed by atoms with Crippen LogP contribution < -0.4 is 11.5 Å². The minimum Gasteiger partial charge on any atom is -0.383 e. The van der Waals surface area contributed by atoms with Crippen molar-refractivity contribution in [3.05, 3.63) is 28.8 Å². The molecule has 0 amide bonds. The van der Waals surface area contributed by atoms with Gasteiger partial charge in [-0.3, -0.25) is 4.68 Å². The molecule has 0 saturated heterocycles. The van der Waals surface area contributed by atoms with E-state index in [0.717, 1.165) is 52.6 Å². The molecule has 1 aliphatic rings. The number of rotatable bonds is 2. The molecule has 0 aromatic carbocycles. The van der Waals surface area contributed by atoms with Crippen molar-refractivity contribution in [2.75, 3.05) is 5.73 Å². The van der Waals surface area contributed by atoms with Crippen LogP contribution in [0.2, 0.25) is 0 Å². The largest absolute Gasteiger partial charge is 0.383 e. The van der Waals surface area contributed by atoms with Crippen molar-refractivity contribution in [2.45, 2.75) is 37.6 Å². The second-order valence-corrected chi connectivity index (χ2v) is 7.31. The molecule has 4 rings (SSSR count). The molecule has 1 fully saturated rings. The standard InChI is InChI=1S/C16H20BrN7/c1-23-8-10(6-20-23)12-7-21-24-15(19)13(17)14(22-16(12)24)9-3-2-4-11(18)5-9/h6-9,11H,2-5,18-19H2,1H3/t9-,11+/m0/s1. The van der Waals surface area contributed by atoms with Gasteiger partial charge in [-0.1, -0.05) is 6.42 Å². The van der Waals surface area contributed by atoms with Crippen LogP contribution in [0.25, 0.3) is 16.8 Å². The number of halogens is 1. The van der Waals surface area contributed by atoms with Gasteiger partial charge in [0, 0.05) is 36.3 Å². The third-order valence-electron chi connectivity index (χ3n) is 4.77. The molecule has 0 bridgehead atoms. The van der Waals surface area contributed by atoms with E-state index in [4.69, 9.17) is 16.5 Å². The summed E-state index contributed by atoms with van der Waals surface area (Å²) in [6, 6.07) is 0.234. The number of hydrogen-bond acceptors (Lipinski definition) is 5. The number of aryl methyl sites for hydroxylation is 1. The maximum Gasteiger partial charge on any atom is 0.165 e. The molecular weight excluding hydrogens is 370 g/mol. The van der Waals surface area contributed by atoms with Crippen LogP contribution in [0, 0.1) is 0 Å². The zero-order chi connectivity index (χ0) is 16.8. The van der Waals surface area contributed by atoms with Gasteiger partial charge in [-0.2, -0.15) is 14.7 Å². The van der Waals surface area contributed by atoms with Gasteiger partial charge >= 0.3 is 0 Å². The van der Waals surface area contributed by atoms with E-state index in [9.17, 15) is 0 Å². The molecular formula is C16H20BrN7. The normalized spacial score (nSPS) is 21.5. The summed E-state index contributed by atoms with van der Waals surface area (Å²) in [5, 5.41) is 8.64. The van der Waals surface area contributed by atoms with Gasteiger partial charge in [0.15, 0.2) is 5.65 Å². The number of fused-ring (bicyclic) bond motifs is 1. The number of anilines is 1. The molecule has 24 heavy (non-hydrogen) atoms. The second kappa shape index (κ2) is 5.86. The Morgan fingerprint density at radius 3 is 2.79 bits per heavy atom. The minimum absolute atomic E-state index is 0.234. The van der Waals surface area contributed by atoms with Crippen molar-refractivity contribution in [1.29, 1.82) is 0 Å². The molecule has 3 aromatic rings. The van der Waals surface area contributed by atoms with Crippen LogP contribution in [0.5, 0.6) is 0 Å². The first-order valence-corrected chi connectivity index (χ1v) is 8.91. The second-order valence-electron chi connectivity index (χ2n) is 6.52. The Morgan fingerprint density at radius 2 is 2.08 bits per heavy atom. The molecule has 0 radical (unpaired) electrons. The summed E-state index contributed by atoms with van der Waals surface area (Å²) in [7, 11) is 1.89. The first-order chi connectivity index (χ1) is 11.5. The topological polar surface area (TPSA) is 100 Å². The van der Waals surface area contributed by atoms with Gasteiger partial charge in [-0.25, -0.2) is 4.98 Å². The van der Waals surface area contributed by atoms with Crippen molar-refractivity contribution >= 4 is 27.4 Å². The SMILES string of the molecule is Cn1cc(-c2cnn3c(N)c(Br)c([C@H]4CCC[C@@H](N)C4)nc23)cn1. The zero-order valence-corrected chi connectivity index (χ0v) is 15.1. The third kappa shape index (κ3) is 2.50. The number of nitrogen functional groups attached to an aromatic ring is 1. The lowest BCUT2D eigenvalue weighted by molar-refractivity contribution is 0.387. The average Bonchev–Trinajstić information content (AvgIpc) is 3.16. The van der Waals surface area contributed by atoms with Crippen molar-refractivity contribution in [2.24, 2.45) is 12.8 Å². The van der Waals surface area contributed by atoms with Crippen LogP contribution in [-0.4, -0.2) is 30.4 Å². The molecule has 1 saturated carbocycles. The first-order valence-electron chi connectivity index (χ1n) is 8.11. The van der Waals surface area contributed by atoms with Gasteiger partial charge in [0.25, 0.3) is 0 Å². The van der Waals surface area contributed by atoms with Gasteiger partial charge < -0.3 is 11.5 Å². The predicted octanol–water partition coefficient (Wildman–Crippen LogP) is 2.46. The van der Waals surface area contributed by atoms with Crippen LogP contribution in [-0.2, 0) is 7.05 Å². The van der Waals surface area contributed by atoms with Crippen molar-refractivity contribution < 1.29 is 0 Å².